The van der Waals surface area contributed by atoms with Crippen molar-refractivity contribution in [1.82, 2.24) is 4.57 Å². The van der Waals surface area contributed by atoms with Gasteiger partial charge in [0.25, 0.3) is 0 Å². The Bertz CT molecular complexity index is 702. The van der Waals surface area contributed by atoms with Crippen LogP contribution in [0.5, 0.6) is 0 Å². The van der Waals surface area contributed by atoms with Crippen LogP contribution in [0.25, 0.3) is 10.9 Å². The van der Waals surface area contributed by atoms with Crippen molar-refractivity contribution in [3.63, 3.8) is 0 Å². The van der Waals surface area contributed by atoms with Crippen molar-refractivity contribution in [3.05, 3.63) is 34.5 Å². The van der Waals surface area contributed by atoms with Gasteiger partial charge in [0.2, 0.25) is 5.91 Å². The zero-order chi connectivity index (χ0) is 15.1. The van der Waals surface area contributed by atoms with Crippen LogP contribution >= 0.6 is 11.6 Å². The molecule has 1 heterocycles. The molecular weight excluding hydrogens is 284 g/mol. The van der Waals surface area contributed by atoms with Crippen molar-refractivity contribution in [2.45, 2.75) is 39.7 Å². The summed E-state index contributed by atoms with van der Waals surface area (Å²) < 4.78 is 2.41. The lowest BCUT2D eigenvalue weighted by atomic mass is 9.86. The zero-order valence-electron chi connectivity index (χ0n) is 12.5. The monoisotopic (exact) mass is 304 g/mol. The molecule has 1 amide bonds. The van der Waals surface area contributed by atoms with E-state index < -0.39 is 0 Å². The Labute approximate surface area is 130 Å². The van der Waals surface area contributed by atoms with Crippen molar-refractivity contribution in [1.29, 1.82) is 0 Å². The van der Waals surface area contributed by atoms with E-state index in [1.165, 1.54) is 22.2 Å². The van der Waals surface area contributed by atoms with Crippen molar-refractivity contribution in [2.75, 3.05) is 0 Å². The van der Waals surface area contributed by atoms with E-state index in [2.05, 4.69) is 24.5 Å². The molecule has 0 radical (unpaired) electrons. The Morgan fingerprint density at radius 2 is 2.24 bits per heavy atom. The summed E-state index contributed by atoms with van der Waals surface area (Å²) in [5, 5.41) is 1.93. The molecule has 1 aliphatic carbocycles. The molecule has 0 aliphatic heterocycles. The van der Waals surface area contributed by atoms with Gasteiger partial charge in [-0.3, -0.25) is 4.79 Å². The quantitative estimate of drug-likeness (QED) is 0.926. The van der Waals surface area contributed by atoms with E-state index in [1.54, 1.807) is 0 Å². The van der Waals surface area contributed by atoms with Gasteiger partial charge in [-0.2, -0.15) is 0 Å². The largest absolute Gasteiger partial charge is 0.369 e. The van der Waals surface area contributed by atoms with Gasteiger partial charge in [0.05, 0.1) is 0 Å². The average Bonchev–Trinajstić information content (AvgIpc) is 2.71. The minimum atomic E-state index is -0.188. The fraction of sp³-hybridized carbons (Fsp3) is 0.471. The second-order valence-corrected chi connectivity index (χ2v) is 6.87. The number of nitrogens with two attached hydrogens (primary N) is 1. The number of nitrogens with zero attached hydrogens (tertiary/aromatic N) is 1. The Morgan fingerprint density at radius 3 is 2.90 bits per heavy atom. The smallest absolute Gasteiger partial charge is 0.220 e. The number of carbonyl (C=O) groups is 1. The summed E-state index contributed by atoms with van der Waals surface area (Å²) >= 11 is 6.17. The molecule has 3 nitrogen and oxygen atoms in total. The van der Waals surface area contributed by atoms with Crippen LogP contribution in [0.15, 0.2) is 18.2 Å². The molecule has 1 aliphatic rings. The molecule has 0 spiro atoms. The number of benzene rings is 1. The van der Waals surface area contributed by atoms with Gasteiger partial charge in [-0.25, -0.2) is 0 Å². The summed E-state index contributed by atoms with van der Waals surface area (Å²) in [6, 6.07) is 6.06. The minimum Gasteiger partial charge on any atom is -0.369 e. The third kappa shape index (κ3) is 2.55. The Hall–Kier alpha value is -1.48. The van der Waals surface area contributed by atoms with Gasteiger partial charge in [-0.15, -0.1) is 0 Å². The second kappa shape index (κ2) is 5.38. The van der Waals surface area contributed by atoms with Crippen molar-refractivity contribution < 1.29 is 4.79 Å². The standard InChI is InChI=1S/C17H21ClN2O/c1-10(2)9-20-15-5-3-11(17(19)21)7-13(15)14-8-12(18)4-6-16(14)20/h4,6,8,10-11H,3,5,7,9H2,1-2H3,(H2,19,21). The first-order valence-corrected chi connectivity index (χ1v) is 7.94. The Balaban J connectivity index is 2.18. The lowest BCUT2D eigenvalue weighted by Crippen LogP contribution is -2.29. The lowest BCUT2D eigenvalue weighted by molar-refractivity contribution is -0.122. The van der Waals surface area contributed by atoms with E-state index in [0.29, 0.717) is 5.92 Å². The van der Waals surface area contributed by atoms with Gasteiger partial charge in [0, 0.05) is 34.1 Å². The summed E-state index contributed by atoms with van der Waals surface area (Å²) in [7, 11) is 0. The number of halogens is 1. The minimum absolute atomic E-state index is 0.0467. The lowest BCUT2D eigenvalue weighted by Gasteiger charge is -2.22. The molecule has 1 atom stereocenters. The van der Waals surface area contributed by atoms with Gasteiger partial charge >= 0.3 is 0 Å². The summed E-state index contributed by atoms with van der Waals surface area (Å²) in [5.74, 6) is 0.344. The molecule has 3 rings (SSSR count). The highest BCUT2D eigenvalue weighted by Crippen LogP contribution is 2.36. The SMILES string of the molecule is CC(C)Cn1c2c(c3cc(Cl)ccc31)CC(C(N)=O)CC2. The van der Waals surface area contributed by atoms with Crippen LogP contribution in [0.4, 0.5) is 0 Å². The van der Waals surface area contributed by atoms with E-state index in [9.17, 15) is 4.79 Å². The number of fused-ring (bicyclic) bond motifs is 3. The first kappa shape index (κ1) is 14.5. The fourth-order valence-corrected chi connectivity index (χ4v) is 3.61. The molecule has 112 valence electrons. The number of aromatic nitrogens is 1. The maximum absolute atomic E-state index is 11.5. The molecule has 1 aromatic heterocycles. The van der Waals surface area contributed by atoms with Gasteiger partial charge < -0.3 is 10.3 Å². The first-order valence-electron chi connectivity index (χ1n) is 7.56. The molecule has 0 saturated heterocycles. The van der Waals surface area contributed by atoms with Gasteiger partial charge in [0.1, 0.15) is 0 Å². The van der Waals surface area contributed by atoms with Crippen LogP contribution in [0.2, 0.25) is 5.02 Å². The van der Waals surface area contributed by atoms with Crippen molar-refractivity contribution in [2.24, 2.45) is 17.6 Å². The highest BCUT2D eigenvalue weighted by atomic mass is 35.5. The highest BCUT2D eigenvalue weighted by Gasteiger charge is 2.28. The van der Waals surface area contributed by atoms with E-state index in [4.69, 9.17) is 17.3 Å². The van der Waals surface area contributed by atoms with Crippen LogP contribution in [0.1, 0.15) is 31.5 Å². The summed E-state index contributed by atoms with van der Waals surface area (Å²) in [6.45, 7) is 5.45. The summed E-state index contributed by atoms with van der Waals surface area (Å²) in [4.78, 5) is 11.5. The van der Waals surface area contributed by atoms with Crippen molar-refractivity contribution >= 4 is 28.4 Å². The van der Waals surface area contributed by atoms with E-state index in [0.717, 1.165) is 30.8 Å². The third-order valence-electron chi connectivity index (χ3n) is 4.38. The number of rotatable bonds is 3. The molecule has 2 aromatic rings. The molecule has 2 N–H and O–H groups in total. The topological polar surface area (TPSA) is 48.0 Å². The van der Waals surface area contributed by atoms with Crippen LogP contribution in [0, 0.1) is 11.8 Å². The van der Waals surface area contributed by atoms with Gasteiger partial charge in [0.15, 0.2) is 0 Å². The Morgan fingerprint density at radius 1 is 1.48 bits per heavy atom. The molecule has 0 fully saturated rings. The number of hydrogen-bond donors (Lipinski definition) is 1. The maximum Gasteiger partial charge on any atom is 0.220 e. The van der Waals surface area contributed by atoms with E-state index in [1.807, 2.05) is 12.1 Å². The summed E-state index contributed by atoms with van der Waals surface area (Å²) in [5.41, 5.74) is 9.37. The maximum atomic E-state index is 11.5. The zero-order valence-corrected chi connectivity index (χ0v) is 13.3. The third-order valence-corrected chi connectivity index (χ3v) is 4.61. The molecular formula is C17H21ClN2O. The molecule has 1 aromatic carbocycles. The molecule has 0 bridgehead atoms. The molecule has 4 heteroatoms. The predicted octanol–water partition coefficient (Wildman–Crippen LogP) is 3.54. The second-order valence-electron chi connectivity index (χ2n) is 6.43. The number of carbonyl (C=O) groups excluding carboxylic acids is 1. The van der Waals surface area contributed by atoms with Crippen LogP contribution in [-0.4, -0.2) is 10.5 Å². The van der Waals surface area contributed by atoms with Crippen LogP contribution in [0.3, 0.4) is 0 Å². The predicted molar refractivity (Wildman–Crippen MR) is 86.5 cm³/mol. The molecule has 21 heavy (non-hydrogen) atoms. The van der Waals surface area contributed by atoms with E-state index >= 15 is 0 Å². The molecule has 0 saturated carbocycles. The van der Waals surface area contributed by atoms with Gasteiger partial charge in [-0.05, 0) is 48.9 Å². The number of hydrogen-bond acceptors (Lipinski definition) is 1. The average molecular weight is 305 g/mol. The fourth-order valence-electron chi connectivity index (χ4n) is 3.44. The van der Waals surface area contributed by atoms with Crippen LogP contribution in [-0.2, 0) is 24.2 Å². The van der Waals surface area contributed by atoms with Crippen molar-refractivity contribution in [3.8, 4) is 0 Å². The Kier molecular flexibility index (Phi) is 3.70. The normalized spacial score (nSPS) is 18.2. The van der Waals surface area contributed by atoms with E-state index in [-0.39, 0.29) is 11.8 Å². The summed E-state index contributed by atoms with van der Waals surface area (Å²) in [6.07, 6.45) is 2.51. The highest BCUT2D eigenvalue weighted by molar-refractivity contribution is 6.31. The number of primary amides is 1. The van der Waals surface area contributed by atoms with Crippen LogP contribution < -0.4 is 5.73 Å². The number of amides is 1. The van der Waals surface area contributed by atoms with Gasteiger partial charge in [-0.1, -0.05) is 25.4 Å². The molecule has 1 unspecified atom stereocenters. The first-order chi connectivity index (χ1) is 9.97.